The van der Waals surface area contributed by atoms with Crippen molar-refractivity contribution in [2.45, 2.75) is 33.2 Å². The molecule has 0 aliphatic carbocycles. The van der Waals surface area contributed by atoms with Gasteiger partial charge < -0.3 is 4.74 Å². The number of ether oxygens (including phenoxy) is 1. The molecule has 1 aromatic heterocycles. The van der Waals surface area contributed by atoms with Gasteiger partial charge in [0.1, 0.15) is 0 Å². The summed E-state index contributed by atoms with van der Waals surface area (Å²) in [5.74, 6) is 0.838. The zero-order valence-electron chi connectivity index (χ0n) is 8.16. The Morgan fingerprint density at radius 3 is 2.67 bits per heavy atom. The lowest BCUT2D eigenvalue weighted by Gasteiger charge is -2.21. The lowest BCUT2D eigenvalue weighted by Crippen LogP contribution is -2.23. The average Bonchev–Trinajstić information content (AvgIpc) is 2.34. The molecule has 0 radical (unpaired) electrons. The fourth-order valence-electron chi connectivity index (χ4n) is 1.05. The molecule has 0 unspecified atom stereocenters. The standard InChI is InChI=1S/C9H16N2O/c1-5-12-8-6-7-10-11(8)9(2,3)4/h6-7H,5H2,1-4H3. The molecule has 1 rings (SSSR count). The Hall–Kier alpha value is -0.990. The van der Waals surface area contributed by atoms with E-state index in [1.165, 1.54) is 0 Å². The molecule has 1 aromatic rings. The molecule has 0 bridgehead atoms. The van der Waals surface area contributed by atoms with E-state index >= 15 is 0 Å². The quantitative estimate of drug-likeness (QED) is 0.675. The van der Waals surface area contributed by atoms with E-state index in [0.717, 1.165) is 5.88 Å². The molecule has 0 fully saturated rings. The van der Waals surface area contributed by atoms with Crippen molar-refractivity contribution in [3.8, 4) is 5.88 Å². The monoisotopic (exact) mass is 168 g/mol. The molecule has 0 saturated heterocycles. The van der Waals surface area contributed by atoms with Gasteiger partial charge in [0.05, 0.1) is 18.3 Å². The third kappa shape index (κ3) is 1.78. The summed E-state index contributed by atoms with van der Waals surface area (Å²) >= 11 is 0. The predicted molar refractivity (Wildman–Crippen MR) is 48.4 cm³/mol. The maximum Gasteiger partial charge on any atom is 0.212 e. The highest BCUT2D eigenvalue weighted by Crippen LogP contribution is 2.20. The number of aromatic nitrogens is 2. The molecule has 0 aromatic carbocycles. The first-order valence-corrected chi connectivity index (χ1v) is 4.23. The van der Waals surface area contributed by atoms with Gasteiger partial charge in [0.2, 0.25) is 5.88 Å². The summed E-state index contributed by atoms with van der Waals surface area (Å²) in [7, 11) is 0. The number of nitrogens with zero attached hydrogens (tertiary/aromatic N) is 2. The van der Waals surface area contributed by atoms with Gasteiger partial charge in [0.15, 0.2) is 0 Å². The lowest BCUT2D eigenvalue weighted by molar-refractivity contribution is 0.253. The van der Waals surface area contributed by atoms with E-state index in [-0.39, 0.29) is 5.54 Å². The smallest absolute Gasteiger partial charge is 0.212 e. The van der Waals surface area contributed by atoms with Crippen LogP contribution >= 0.6 is 0 Å². The lowest BCUT2D eigenvalue weighted by atomic mass is 10.1. The van der Waals surface area contributed by atoms with Crippen molar-refractivity contribution >= 4 is 0 Å². The van der Waals surface area contributed by atoms with Crippen molar-refractivity contribution in [3.63, 3.8) is 0 Å². The summed E-state index contributed by atoms with van der Waals surface area (Å²) in [5, 5.41) is 4.20. The van der Waals surface area contributed by atoms with Crippen molar-refractivity contribution in [2.24, 2.45) is 0 Å². The van der Waals surface area contributed by atoms with Gasteiger partial charge in [0, 0.05) is 6.07 Å². The molecule has 12 heavy (non-hydrogen) atoms. The highest BCUT2D eigenvalue weighted by Gasteiger charge is 2.17. The molecule has 0 spiro atoms. The molecular weight excluding hydrogens is 152 g/mol. The van der Waals surface area contributed by atoms with E-state index in [1.807, 2.05) is 17.7 Å². The van der Waals surface area contributed by atoms with E-state index in [1.54, 1.807) is 6.20 Å². The van der Waals surface area contributed by atoms with Crippen LogP contribution in [0.3, 0.4) is 0 Å². The van der Waals surface area contributed by atoms with Crippen LogP contribution in [-0.4, -0.2) is 16.4 Å². The highest BCUT2D eigenvalue weighted by molar-refractivity contribution is 5.09. The fraction of sp³-hybridized carbons (Fsp3) is 0.667. The maximum absolute atomic E-state index is 5.40. The first-order chi connectivity index (χ1) is 5.55. The van der Waals surface area contributed by atoms with E-state index in [4.69, 9.17) is 4.74 Å². The molecule has 1 heterocycles. The Morgan fingerprint density at radius 1 is 1.50 bits per heavy atom. The molecule has 0 N–H and O–H groups in total. The summed E-state index contributed by atoms with van der Waals surface area (Å²) in [6.45, 7) is 8.95. The molecule has 0 aliphatic heterocycles. The molecule has 3 heteroatoms. The van der Waals surface area contributed by atoms with Crippen LogP contribution in [0.15, 0.2) is 12.3 Å². The fourth-order valence-corrected chi connectivity index (χ4v) is 1.05. The summed E-state index contributed by atoms with van der Waals surface area (Å²) in [4.78, 5) is 0. The van der Waals surface area contributed by atoms with Crippen LogP contribution in [0.4, 0.5) is 0 Å². The third-order valence-electron chi connectivity index (χ3n) is 1.54. The summed E-state index contributed by atoms with van der Waals surface area (Å²) in [5.41, 5.74) is -0.00595. The Bertz CT molecular complexity index is 247. The molecule has 0 amide bonds. The van der Waals surface area contributed by atoms with Crippen molar-refractivity contribution in [3.05, 3.63) is 12.3 Å². The maximum atomic E-state index is 5.40. The van der Waals surface area contributed by atoms with Crippen LogP contribution in [0.25, 0.3) is 0 Å². The first-order valence-electron chi connectivity index (χ1n) is 4.23. The van der Waals surface area contributed by atoms with E-state index in [0.29, 0.717) is 6.61 Å². The molecular formula is C9H16N2O. The van der Waals surface area contributed by atoms with Crippen molar-refractivity contribution in [1.29, 1.82) is 0 Å². The van der Waals surface area contributed by atoms with Gasteiger partial charge in [-0.25, -0.2) is 4.68 Å². The second kappa shape index (κ2) is 3.17. The van der Waals surface area contributed by atoms with Crippen LogP contribution in [0.5, 0.6) is 5.88 Å². The van der Waals surface area contributed by atoms with E-state index in [9.17, 15) is 0 Å². The third-order valence-corrected chi connectivity index (χ3v) is 1.54. The zero-order valence-corrected chi connectivity index (χ0v) is 8.16. The molecule has 3 nitrogen and oxygen atoms in total. The Kier molecular flexibility index (Phi) is 2.40. The number of hydrogen-bond donors (Lipinski definition) is 0. The minimum atomic E-state index is -0.00595. The Morgan fingerprint density at radius 2 is 2.17 bits per heavy atom. The summed E-state index contributed by atoms with van der Waals surface area (Å²) < 4.78 is 7.29. The van der Waals surface area contributed by atoms with Gasteiger partial charge in [-0.3, -0.25) is 0 Å². The van der Waals surface area contributed by atoms with Gasteiger partial charge in [-0.15, -0.1) is 0 Å². The Balaban J connectivity index is 2.91. The zero-order chi connectivity index (χ0) is 9.19. The van der Waals surface area contributed by atoms with Crippen LogP contribution in [0, 0.1) is 0 Å². The van der Waals surface area contributed by atoms with Crippen LogP contribution in [0.1, 0.15) is 27.7 Å². The first kappa shape index (κ1) is 9.10. The van der Waals surface area contributed by atoms with E-state index in [2.05, 4.69) is 25.9 Å². The van der Waals surface area contributed by atoms with Crippen molar-refractivity contribution in [1.82, 2.24) is 9.78 Å². The predicted octanol–water partition coefficient (Wildman–Crippen LogP) is 2.04. The molecule has 0 aliphatic rings. The Labute approximate surface area is 73.3 Å². The van der Waals surface area contributed by atoms with Gasteiger partial charge in [0.25, 0.3) is 0 Å². The van der Waals surface area contributed by atoms with Gasteiger partial charge >= 0.3 is 0 Å². The van der Waals surface area contributed by atoms with Crippen LogP contribution in [0.2, 0.25) is 0 Å². The second-order valence-electron chi connectivity index (χ2n) is 3.69. The second-order valence-corrected chi connectivity index (χ2v) is 3.69. The number of rotatable bonds is 2. The largest absolute Gasteiger partial charge is 0.478 e. The van der Waals surface area contributed by atoms with Crippen LogP contribution < -0.4 is 4.74 Å². The molecule has 68 valence electrons. The summed E-state index contributed by atoms with van der Waals surface area (Å²) in [6, 6.07) is 1.88. The highest BCUT2D eigenvalue weighted by atomic mass is 16.5. The minimum absolute atomic E-state index is 0.00595. The van der Waals surface area contributed by atoms with Gasteiger partial charge in [-0.05, 0) is 27.7 Å². The van der Waals surface area contributed by atoms with Gasteiger partial charge in [-0.2, -0.15) is 5.10 Å². The minimum Gasteiger partial charge on any atom is -0.478 e. The number of hydrogen-bond acceptors (Lipinski definition) is 2. The van der Waals surface area contributed by atoms with Crippen molar-refractivity contribution < 1.29 is 4.74 Å². The van der Waals surface area contributed by atoms with Crippen molar-refractivity contribution in [2.75, 3.05) is 6.61 Å². The SMILES string of the molecule is CCOc1ccnn1C(C)(C)C. The average molecular weight is 168 g/mol. The van der Waals surface area contributed by atoms with Crippen LogP contribution in [-0.2, 0) is 5.54 Å². The van der Waals surface area contributed by atoms with E-state index < -0.39 is 0 Å². The normalized spacial score (nSPS) is 11.7. The van der Waals surface area contributed by atoms with Gasteiger partial charge in [-0.1, -0.05) is 0 Å². The summed E-state index contributed by atoms with van der Waals surface area (Å²) in [6.07, 6.45) is 1.76. The molecule has 0 saturated carbocycles. The topological polar surface area (TPSA) is 27.1 Å². The molecule has 0 atom stereocenters.